The topological polar surface area (TPSA) is 89.0 Å². The first-order valence-electron chi connectivity index (χ1n) is 7.07. The van der Waals surface area contributed by atoms with Crippen LogP contribution in [0.3, 0.4) is 0 Å². The van der Waals surface area contributed by atoms with Gasteiger partial charge in [-0.2, -0.15) is 0 Å². The molecule has 0 atom stereocenters. The molecule has 1 aliphatic heterocycles. The van der Waals surface area contributed by atoms with Gasteiger partial charge in [0.15, 0.2) is 27.3 Å². The number of sulfone groups is 1. The molecule has 0 amide bonds. The number of nitrogens with zero attached hydrogens (tertiary/aromatic N) is 1. The molecular formula is C14H22IN3O4S. The Morgan fingerprint density at radius 1 is 1.26 bits per heavy atom. The van der Waals surface area contributed by atoms with Gasteiger partial charge in [0, 0.05) is 25.9 Å². The molecule has 2 rings (SSSR count). The molecule has 0 aromatic heterocycles. The molecular weight excluding hydrogens is 433 g/mol. The Kier molecular flexibility index (Phi) is 7.89. The predicted octanol–water partition coefficient (Wildman–Crippen LogP) is 1.13. The lowest BCUT2D eigenvalue weighted by atomic mass is 10.2. The molecule has 7 nitrogen and oxygen atoms in total. The molecule has 0 saturated carbocycles. The van der Waals surface area contributed by atoms with Crippen molar-refractivity contribution >= 4 is 39.8 Å². The second-order valence-corrected chi connectivity index (χ2v) is 7.25. The van der Waals surface area contributed by atoms with Crippen LogP contribution in [0.1, 0.15) is 12.5 Å². The standard InChI is InChI=1S/C14H21N3O4S.HI/c1-3-22(18,19)7-6-16-14(15-2)17-9-11-4-5-12-13(8-11)21-10-20-12;/h4-5,8H,3,6-7,9-10H2,1-2H3,(H2,15,16,17);1H. The fourth-order valence-electron chi connectivity index (χ4n) is 1.93. The quantitative estimate of drug-likeness (QED) is 0.380. The van der Waals surface area contributed by atoms with Crippen molar-refractivity contribution in [3.63, 3.8) is 0 Å². The first-order chi connectivity index (χ1) is 10.5. The van der Waals surface area contributed by atoms with Gasteiger partial charge in [-0.3, -0.25) is 4.99 Å². The Labute approximate surface area is 153 Å². The minimum Gasteiger partial charge on any atom is -0.454 e. The van der Waals surface area contributed by atoms with Crippen LogP contribution in [0.2, 0.25) is 0 Å². The molecule has 1 heterocycles. The zero-order valence-electron chi connectivity index (χ0n) is 13.2. The molecule has 0 unspecified atom stereocenters. The summed E-state index contributed by atoms with van der Waals surface area (Å²) in [5.74, 6) is 2.28. The molecule has 9 heteroatoms. The summed E-state index contributed by atoms with van der Waals surface area (Å²) < 4.78 is 33.4. The molecule has 1 aromatic rings. The van der Waals surface area contributed by atoms with Crippen molar-refractivity contribution in [3.8, 4) is 11.5 Å². The van der Waals surface area contributed by atoms with Crippen LogP contribution in [0, 0.1) is 0 Å². The molecule has 1 aromatic carbocycles. The van der Waals surface area contributed by atoms with E-state index in [0.29, 0.717) is 19.0 Å². The number of ether oxygens (including phenoxy) is 2. The van der Waals surface area contributed by atoms with Crippen molar-refractivity contribution in [3.05, 3.63) is 23.8 Å². The van der Waals surface area contributed by atoms with Crippen molar-refractivity contribution in [1.29, 1.82) is 0 Å². The number of benzene rings is 1. The maximum absolute atomic E-state index is 11.4. The average molecular weight is 455 g/mol. The minimum atomic E-state index is -2.97. The van der Waals surface area contributed by atoms with Gasteiger partial charge in [0.1, 0.15) is 0 Å². The summed E-state index contributed by atoms with van der Waals surface area (Å²) in [4.78, 5) is 4.06. The van der Waals surface area contributed by atoms with Gasteiger partial charge in [0.25, 0.3) is 0 Å². The normalized spacial score (nSPS) is 13.4. The molecule has 2 N–H and O–H groups in total. The SMILES string of the molecule is CCS(=O)(=O)CCNC(=NC)NCc1ccc2c(c1)OCO2.I. The van der Waals surface area contributed by atoms with Gasteiger partial charge < -0.3 is 20.1 Å². The van der Waals surface area contributed by atoms with E-state index in [-0.39, 0.29) is 42.3 Å². The Morgan fingerprint density at radius 2 is 2.00 bits per heavy atom. The van der Waals surface area contributed by atoms with Gasteiger partial charge in [-0.1, -0.05) is 13.0 Å². The van der Waals surface area contributed by atoms with E-state index in [1.165, 1.54) is 0 Å². The summed E-state index contributed by atoms with van der Waals surface area (Å²) in [6.45, 7) is 2.78. The van der Waals surface area contributed by atoms with Crippen molar-refractivity contribution in [2.45, 2.75) is 13.5 Å². The fourth-order valence-corrected chi connectivity index (χ4v) is 2.63. The van der Waals surface area contributed by atoms with E-state index in [1.807, 2.05) is 18.2 Å². The van der Waals surface area contributed by atoms with Crippen LogP contribution in [0.25, 0.3) is 0 Å². The zero-order valence-corrected chi connectivity index (χ0v) is 16.3. The number of aliphatic imine (C=N–C) groups is 1. The predicted molar refractivity (Wildman–Crippen MR) is 101 cm³/mol. The van der Waals surface area contributed by atoms with Crippen LogP contribution in [-0.2, 0) is 16.4 Å². The fraction of sp³-hybridized carbons (Fsp3) is 0.500. The molecule has 0 fully saturated rings. The van der Waals surface area contributed by atoms with E-state index in [0.717, 1.165) is 17.1 Å². The van der Waals surface area contributed by atoms with E-state index in [1.54, 1.807) is 14.0 Å². The number of hydrogen-bond donors (Lipinski definition) is 2. The molecule has 130 valence electrons. The van der Waals surface area contributed by atoms with Gasteiger partial charge in [0.05, 0.1) is 5.75 Å². The average Bonchev–Trinajstić information content (AvgIpc) is 2.98. The third-order valence-corrected chi connectivity index (χ3v) is 4.97. The Hall–Kier alpha value is -1.23. The van der Waals surface area contributed by atoms with E-state index in [9.17, 15) is 8.42 Å². The number of fused-ring (bicyclic) bond motifs is 1. The van der Waals surface area contributed by atoms with Gasteiger partial charge in [0.2, 0.25) is 6.79 Å². The maximum Gasteiger partial charge on any atom is 0.231 e. The maximum atomic E-state index is 11.4. The number of hydrogen-bond acceptors (Lipinski definition) is 5. The molecule has 0 spiro atoms. The first kappa shape index (κ1) is 19.8. The van der Waals surface area contributed by atoms with Gasteiger partial charge >= 0.3 is 0 Å². The molecule has 0 aliphatic carbocycles. The highest BCUT2D eigenvalue weighted by molar-refractivity contribution is 14.0. The first-order valence-corrected chi connectivity index (χ1v) is 8.89. The highest BCUT2D eigenvalue weighted by Crippen LogP contribution is 2.32. The second-order valence-electron chi connectivity index (χ2n) is 4.78. The monoisotopic (exact) mass is 455 g/mol. The summed E-state index contributed by atoms with van der Waals surface area (Å²) in [5, 5.41) is 6.12. The number of rotatable bonds is 6. The van der Waals surface area contributed by atoms with Crippen LogP contribution in [0.15, 0.2) is 23.2 Å². The largest absolute Gasteiger partial charge is 0.454 e. The Bertz CT molecular complexity index is 649. The molecule has 1 aliphatic rings. The number of halogens is 1. The molecule has 0 saturated heterocycles. The lowest BCUT2D eigenvalue weighted by Gasteiger charge is -2.12. The molecule has 23 heavy (non-hydrogen) atoms. The third-order valence-electron chi connectivity index (χ3n) is 3.27. The molecule has 0 bridgehead atoms. The van der Waals surface area contributed by atoms with Crippen molar-refractivity contribution < 1.29 is 17.9 Å². The van der Waals surface area contributed by atoms with Crippen molar-refractivity contribution in [2.75, 3.05) is 31.9 Å². The lowest BCUT2D eigenvalue weighted by molar-refractivity contribution is 0.174. The highest BCUT2D eigenvalue weighted by Gasteiger charge is 2.13. The number of nitrogens with one attached hydrogen (secondary N) is 2. The van der Waals surface area contributed by atoms with Gasteiger partial charge in [-0.15, -0.1) is 24.0 Å². The van der Waals surface area contributed by atoms with E-state index in [4.69, 9.17) is 9.47 Å². The van der Waals surface area contributed by atoms with Crippen LogP contribution >= 0.6 is 24.0 Å². The second kappa shape index (κ2) is 9.16. The number of guanidine groups is 1. The van der Waals surface area contributed by atoms with Crippen LogP contribution in [0.4, 0.5) is 0 Å². The van der Waals surface area contributed by atoms with Crippen molar-refractivity contribution in [1.82, 2.24) is 10.6 Å². The highest BCUT2D eigenvalue weighted by atomic mass is 127. The van der Waals surface area contributed by atoms with Crippen LogP contribution < -0.4 is 20.1 Å². The van der Waals surface area contributed by atoms with E-state index >= 15 is 0 Å². The van der Waals surface area contributed by atoms with Crippen molar-refractivity contribution in [2.24, 2.45) is 4.99 Å². The van der Waals surface area contributed by atoms with Gasteiger partial charge in [-0.25, -0.2) is 8.42 Å². The smallest absolute Gasteiger partial charge is 0.231 e. The summed E-state index contributed by atoms with van der Waals surface area (Å²) in [5.41, 5.74) is 1.02. The Balaban J connectivity index is 0.00000264. The Morgan fingerprint density at radius 3 is 2.70 bits per heavy atom. The minimum absolute atomic E-state index is 0. The zero-order chi connectivity index (χ0) is 16.0. The third kappa shape index (κ3) is 6.05. The van der Waals surface area contributed by atoms with Gasteiger partial charge in [-0.05, 0) is 17.7 Å². The van der Waals surface area contributed by atoms with Crippen LogP contribution in [-0.4, -0.2) is 46.3 Å². The van der Waals surface area contributed by atoms with Crippen LogP contribution in [0.5, 0.6) is 11.5 Å². The lowest BCUT2D eigenvalue weighted by Crippen LogP contribution is -2.39. The van der Waals surface area contributed by atoms with E-state index in [2.05, 4.69) is 15.6 Å². The summed E-state index contributed by atoms with van der Waals surface area (Å²) in [6, 6.07) is 5.71. The van der Waals surface area contributed by atoms with E-state index < -0.39 is 9.84 Å². The summed E-state index contributed by atoms with van der Waals surface area (Å²) in [7, 11) is -1.33. The molecule has 0 radical (unpaired) electrons. The summed E-state index contributed by atoms with van der Waals surface area (Å²) in [6.07, 6.45) is 0. The summed E-state index contributed by atoms with van der Waals surface area (Å²) >= 11 is 0.